The fourth-order valence-corrected chi connectivity index (χ4v) is 3.03. The van der Waals surface area contributed by atoms with Gasteiger partial charge in [-0.1, -0.05) is 24.3 Å². The van der Waals surface area contributed by atoms with Crippen molar-refractivity contribution in [2.24, 2.45) is 5.92 Å². The van der Waals surface area contributed by atoms with Crippen LogP contribution in [0.5, 0.6) is 0 Å². The van der Waals surface area contributed by atoms with Crippen LogP contribution >= 0.6 is 0 Å². The van der Waals surface area contributed by atoms with Crippen LogP contribution < -0.4 is 5.32 Å². The molecule has 0 amide bonds. The van der Waals surface area contributed by atoms with Crippen LogP contribution in [0, 0.1) is 5.92 Å². The summed E-state index contributed by atoms with van der Waals surface area (Å²) in [6.45, 7) is 2.23. The van der Waals surface area contributed by atoms with Crippen molar-refractivity contribution in [3.05, 3.63) is 35.4 Å². The maximum atomic E-state index is 5.53. The Morgan fingerprint density at radius 2 is 2.05 bits per heavy atom. The average Bonchev–Trinajstić information content (AvgIpc) is 2.80. The Balaban J connectivity index is 1.76. The molecule has 2 unspecified atom stereocenters. The lowest BCUT2D eigenvalue weighted by molar-refractivity contribution is 0.0667. The lowest BCUT2D eigenvalue weighted by Gasteiger charge is -2.19. The predicted octanol–water partition coefficient (Wildman–Crippen LogP) is 2.56. The van der Waals surface area contributed by atoms with Crippen LogP contribution in [0.3, 0.4) is 0 Å². The smallest absolute Gasteiger partial charge is 0.0700 e. The zero-order chi connectivity index (χ0) is 13.5. The second-order valence-electron chi connectivity index (χ2n) is 5.18. The third-order valence-electron chi connectivity index (χ3n) is 3.95. The Bertz CT molecular complexity index is 381. The van der Waals surface area contributed by atoms with Crippen molar-refractivity contribution in [2.45, 2.75) is 25.3 Å². The summed E-state index contributed by atoms with van der Waals surface area (Å²) >= 11 is 0. The molecule has 0 saturated heterocycles. The summed E-state index contributed by atoms with van der Waals surface area (Å²) in [7, 11) is 3.77. The quantitative estimate of drug-likeness (QED) is 0.731. The van der Waals surface area contributed by atoms with Gasteiger partial charge in [0.05, 0.1) is 13.2 Å². The third-order valence-corrected chi connectivity index (χ3v) is 3.95. The molecule has 1 aliphatic rings. The molecule has 1 N–H and O–H groups in total. The molecule has 1 aromatic carbocycles. The SMILES string of the molecule is CNC1c2ccccc2CC1CCCOCCOC. The zero-order valence-corrected chi connectivity index (χ0v) is 12.0. The molecule has 106 valence electrons. The molecule has 0 fully saturated rings. The van der Waals surface area contributed by atoms with Gasteiger partial charge in [0.1, 0.15) is 0 Å². The molecule has 1 aliphatic carbocycles. The van der Waals surface area contributed by atoms with E-state index in [0.717, 1.165) is 13.0 Å². The molecule has 1 aromatic rings. The Kier molecular flexibility index (Phi) is 5.83. The highest BCUT2D eigenvalue weighted by atomic mass is 16.5. The minimum atomic E-state index is 0.509. The molecular weight excluding hydrogens is 238 g/mol. The molecule has 3 nitrogen and oxygen atoms in total. The summed E-state index contributed by atoms with van der Waals surface area (Å²) in [6.07, 6.45) is 3.54. The first-order valence-electron chi connectivity index (χ1n) is 7.18. The second kappa shape index (κ2) is 7.63. The van der Waals surface area contributed by atoms with Crippen molar-refractivity contribution in [2.75, 3.05) is 34.0 Å². The first-order valence-corrected chi connectivity index (χ1v) is 7.18. The van der Waals surface area contributed by atoms with Gasteiger partial charge in [0.2, 0.25) is 0 Å². The summed E-state index contributed by atoms with van der Waals surface area (Å²) in [6, 6.07) is 9.30. The first kappa shape index (κ1) is 14.5. The minimum absolute atomic E-state index is 0.509. The number of rotatable bonds is 8. The summed E-state index contributed by atoms with van der Waals surface area (Å²) < 4.78 is 10.5. The molecule has 0 radical (unpaired) electrons. The third kappa shape index (κ3) is 3.78. The maximum absolute atomic E-state index is 5.53. The fourth-order valence-electron chi connectivity index (χ4n) is 3.03. The topological polar surface area (TPSA) is 30.5 Å². The lowest BCUT2D eigenvalue weighted by Crippen LogP contribution is -2.21. The molecular formula is C16H25NO2. The van der Waals surface area contributed by atoms with E-state index in [1.807, 2.05) is 0 Å². The molecule has 2 atom stereocenters. The Morgan fingerprint density at radius 3 is 2.84 bits per heavy atom. The number of nitrogens with one attached hydrogen (secondary N) is 1. The van der Waals surface area contributed by atoms with Gasteiger partial charge in [-0.25, -0.2) is 0 Å². The Labute approximate surface area is 116 Å². The van der Waals surface area contributed by atoms with E-state index in [9.17, 15) is 0 Å². The molecule has 0 aliphatic heterocycles. The van der Waals surface area contributed by atoms with E-state index in [1.165, 1.54) is 24.0 Å². The number of hydrogen-bond donors (Lipinski definition) is 1. The summed E-state index contributed by atoms with van der Waals surface area (Å²) in [5.74, 6) is 0.702. The molecule has 3 heteroatoms. The van der Waals surface area contributed by atoms with Gasteiger partial charge < -0.3 is 14.8 Å². The molecule has 0 aromatic heterocycles. The molecule has 0 bridgehead atoms. The standard InChI is InChI=1S/C16H25NO2/c1-17-16-14(7-5-9-19-11-10-18-2)12-13-6-3-4-8-15(13)16/h3-4,6,8,14,16-17H,5,7,9-12H2,1-2H3. The van der Waals surface area contributed by atoms with Gasteiger partial charge in [-0.05, 0) is 43.4 Å². The predicted molar refractivity (Wildman–Crippen MR) is 77.4 cm³/mol. The van der Waals surface area contributed by atoms with Crippen LogP contribution in [0.15, 0.2) is 24.3 Å². The van der Waals surface area contributed by atoms with Crippen molar-refractivity contribution in [1.29, 1.82) is 0 Å². The summed E-state index contributed by atoms with van der Waals surface area (Å²) in [4.78, 5) is 0. The van der Waals surface area contributed by atoms with Crippen LogP contribution in [0.1, 0.15) is 30.0 Å². The molecule has 19 heavy (non-hydrogen) atoms. The fraction of sp³-hybridized carbons (Fsp3) is 0.625. The molecule has 2 rings (SSSR count). The van der Waals surface area contributed by atoms with E-state index in [2.05, 4.69) is 36.6 Å². The van der Waals surface area contributed by atoms with Crippen LogP contribution in [0.2, 0.25) is 0 Å². The van der Waals surface area contributed by atoms with Crippen LogP contribution in [0.25, 0.3) is 0 Å². The van der Waals surface area contributed by atoms with Crippen LogP contribution in [-0.4, -0.2) is 34.0 Å². The van der Waals surface area contributed by atoms with Gasteiger partial charge in [0.25, 0.3) is 0 Å². The lowest BCUT2D eigenvalue weighted by atomic mass is 9.95. The monoisotopic (exact) mass is 263 g/mol. The molecule has 0 saturated carbocycles. The van der Waals surface area contributed by atoms with Gasteiger partial charge in [-0.3, -0.25) is 0 Å². The summed E-state index contributed by atoms with van der Waals surface area (Å²) in [5.41, 5.74) is 2.99. The second-order valence-corrected chi connectivity index (χ2v) is 5.18. The van der Waals surface area contributed by atoms with Crippen molar-refractivity contribution >= 4 is 0 Å². The van der Waals surface area contributed by atoms with Crippen molar-refractivity contribution in [3.8, 4) is 0 Å². The number of fused-ring (bicyclic) bond motifs is 1. The van der Waals surface area contributed by atoms with Gasteiger partial charge in [-0.2, -0.15) is 0 Å². The molecule has 0 heterocycles. The van der Waals surface area contributed by atoms with E-state index in [1.54, 1.807) is 7.11 Å². The van der Waals surface area contributed by atoms with Crippen molar-refractivity contribution in [3.63, 3.8) is 0 Å². The number of methoxy groups -OCH3 is 1. The number of ether oxygens (including phenoxy) is 2. The van der Waals surface area contributed by atoms with Crippen molar-refractivity contribution < 1.29 is 9.47 Å². The van der Waals surface area contributed by atoms with E-state index < -0.39 is 0 Å². The number of hydrogen-bond acceptors (Lipinski definition) is 3. The summed E-state index contributed by atoms with van der Waals surface area (Å²) in [5, 5.41) is 3.47. The highest BCUT2D eigenvalue weighted by Gasteiger charge is 2.30. The minimum Gasteiger partial charge on any atom is -0.382 e. The van der Waals surface area contributed by atoms with Gasteiger partial charge in [0.15, 0.2) is 0 Å². The zero-order valence-electron chi connectivity index (χ0n) is 12.0. The maximum Gasteiger partial charge on any atom is 0.0700 e. The normalized spacial score (nSPS) is 21.6. The first-order chi connectivity index (χ1) is 9.36. The largest absolute Gasteiger partial charge is 0.382 e. The molecule has 0 spiro atoms. The number of benzene rings is 1. The van der Waals surface area contributed by atoms with E-state index in [4.69, 9.17) is 9.47 Å². The van der Waals surface area contributed by atoms with Crippen LogP contribution in [-0.2, 0) is 15.9 Å². The van der Waals surface area contributed by atoms with E-state index in [0.29, 0.717) is 25.2 Å². The van der Waals surface area contributed by atoms with Gasteiger partial charge >= 0.3 is 0 Å². The van der Waals surface area contributed by atoms with Crippen molar-refractivity contribution in [1.82, 2.24) is 5.32 Å². The highest BCUT2D eigenvalue weighted by molar-refractivity contribution is 5.35. The van der Waals surface area contributed by atoms with E-state index >= 15 is 0 Å². The average molecular weight is 263 g/mol. The van der Waals surface area contributed by atoms with Crippen LogP contribution in [0.4, 0.5) is 0 Å². The Morgan fingerprint density at radius 1 is 1.21 bits per heavy atom. The van der Waals surface area contributed by atoms with Gasteiger partial charge in [-0.15, -0.1) is 0 Å². The Hall–Kier alpha value is -0.900. The van der Waals surface area contributed by atoms with Gasteiger partial charge in [0, 0.05) is 19.8 Å². The highest BCUT2D eigenvalue weighted by Crippen LogP contribution is 2.38. The van der Waals surface area contributed by atoms with E-state index in [-0.39, 0.29) is 0 Å².